The van der Waals surface area contributed by atoms with E-state index in [9.17, 15) is 4.79 Å². The minimum absolute atomic E-state index is 0.121. The fourth-order valence-electron chi connectivity index (χ4n) is 3.21. The second-order valence-corrected chi connectivity index (χ2v) is 7.04. The Bertz CT molecular complexity index is 663. The van der Waals surface area contributed by atoms with Crippen molar-refractivity contribution in [2.24, 2.45) is 5.41 Å². The van der Waals surface area contributed by atoms with Crippen LogP contribution in [0, 0.1) is 23.7 Å². The van der Waals surface area contributed by atoms with Crippen LogP contribution in [-0.2, 0) is 4.79 Å². The van der Waals surface area contributed by atoms with Crippen molar-refractivity contribution < 1.29 is 4.79 Å². The molecule has 1 aliphatic rings. The van der Waals surface area contributed by atoms with E-state index in [2.05, 4.69) is 6.07 Å². The number of carbonyl (C=O) groups is 1. The Balaban J connectivity index is 2.49. The number of carbonyl (C=O) groups excluding carboxylic acids is 1. The molecule has 0 aliphatic heterocycles. The zero-order valence-corrected chi connectivity index (χ0v) is 14.1. The first kappa shape index (κ1) is 16.3. The minimum atomic E-state index is -0.293. The van der Waals surface area contributed by atoms with E-state index in [-0.39, 0.29) is 17.1 Å². The van der Waals surface area contributed by atoms with Crippen molar-refractivity contribution in [3.63, 3.8) is 0 Å². The predicted octanol–water partition coefficient (Wildman–Crippen LogP) is 3.78. The third kappa shape index (κ3) is 3.06. The van der Waals surface area contributed by atoms with E-state index >= 15 is 0 Å². The highest BCUT2D eigenvalue weighted by Gasteiger charge is 2.39. The monoisotopic (exact) mass is 296 g/mol. The standard InChI is InChI=1S/C19H24N2O/c1-13-10-14(11-20)6-7-15(13)16-8-9-19(2,3)18(22)17(16)12-21(4)5/h6-7,10,12,16H,8-9H2,1-5H3/b17-12-. The van der Waals surface area contributed by atoms with Gasteiger partial charge in [-0.3, -0.25) is 4.79 Å². The Kier molecular flexibility index (Phi) is 4.42. The normalized spacial score (nSPS) is 22.5. The van der Waals surface area contributed by atoms with E-state index in [0.29, 0.717) is 5.56 Å². The van der Waals surface area contributed by atoms with Crippen molar-refractivity contribution in [1.82, 2.24) is 4.90 Å². The second-order valence-electron chi connectivity index (χ2n) is 7.04. The first-order chi connectivity index (χ1) is 10.3. The maximum Gasteiger partial charge on any atom is 0.166 e. The molecule has 116 valence electrons. The van der Waals surface area contributed by atoms with Gasteiger partial charge in [0.05, 0.1) is 11.6 Å². The zero-order valence-electron chi connectivity index (χ0n) is 14.1. The molecule has 1 aromatic carbocycles. The van der Waals surface area contributed by atoms with Gasteiger partial charge in [0, 0.05) is 37.2 Å². The Morgan fingerprint density at radius 3 is 2.59 bits per heavy atom. The molecule has 0 amide bonds. The molecule has 1 fully saturated rings. The number of ketones is 1. The molecular weight excluding hydrogens is 272 g/mol. The largest absolute Gasteiger partial charge is 0.383 e. The van der Waals surface area contributed by atoms with Gasteiger partial charge in [0.2, 0.25) is 0 Å². The molecule has 1 aliphatic carbocycles. The van der Waals surface area contributed by atoms with Gasteiger partial charge in [0.1, 0.15) is 0 Å². The van der Waals surface area contributed by atoms with Gasteiger partial charge in [0.25, 0.3) is 0 Å². The van der Waals surface area contributed by atoms with Crippen LogP contribution in [0.1, 0.15) is 49.3 Å². The van der Waals surface area contributed by atoms with Crippen LogP contribution in [-0.4, -0.2) is 24.8 Å². The molecule has 2 rings (SSSR count). The average Bonchev–Trinajstić information content (AvgIpc) is 2.44. The van der Waals surface area contributed by atoms with E-state index < -0.39 is 0 Å². The smallest absolute Gasteiger partial charge is 0.166 e. The Labute approximate surface area is 133 Å². The maximum absolute atomic E-state index is 12.9. The number of benzene rings is 1. The molecule has 0 heterocycles. The van der Waals surface area contributed by atoms with Crippen molar-refractivity contribution in [2.75, 3.05) is 14.1 Å². The highest BCUT2D eigenvalue weighted by molar-refractivity contribution is 6.01. The summed E-state index contributed by atoms with van der Waals surface area (Å²) in [5.74, 6) is 0.358. The van der Waals surface area contributed by atoms with Gasteiger partial charge in [-0.2, -0.15) is 5.26 Å². The van der Waals surface area contributed by atoms with Crippen LogP contribution in [0.3, 0.4) is 0 Å². The Hall–Kier alpha value is -2.08. The molecule has 1 aromatic rings. The SMILES string of the molecule is Cc1cc(C#N)ccc1C1CCC(C)(C)C(=O)/C1=C\N(C)C. The van der Waals surface area contributed by atoms with Crippen LogP contribution in [0.25, 0.3) is 0 Å². The van der Waals surface area contributed by atoms with E-state index in [0.717, 1.165) is 29.5 Å². The van der Waals surface area contributed by atoms with Crippen molar-refractivity contribution in [3.8, 4) is 6.07 Å². The molecule has 1 atom stereocenters. The topological polar surface area (TPSA) is 44.1 Å². The summed E-state index contributed by atoms with van der Waals surface area (Å²) in [6.45, 7) is 6.08. The molecule has 0 bridgehead atoms. The minimum Gasteiger partial charge on any atom is -0.383 e. The number of aryl methyl sites for hydroxylation is 1. The van der Waals surface area contributed by atoms with E-state index in [1.807, 2.05) is 64.2 Å². The third-order valence-corrected chi connectivity index (χ3v) is 4.48. The van der Waals surface area contributed by atoms with Crippen LogP contribution in [0.5, 0.6) is 0 Å². The molecule has 1 unspecified atom stereocenters. The molecule has 22 heavy (non-hydrogen) atoms. The number of hydrogen-bond donors (Lipinski definition) is 0. The predicted molar refractivity (Wildman–Crippen MR) is 88.4 cm³/mol. The molecular formula is C19H24N2O. The van der Waals surface area contributed by atoms with E-state index in [4.69, 9.17) is 5.26 Å². The lowest BCUT2D eigenvalue weighted by molar-refractivity contribution is -0.125. The third-order valence-electron chi connectivity index (χ3n) is 4.48. The first-order valence-corrected chi connectivity index (χ1v) is 7.70. The number of rotatable bonds is 2. The summed E-state index contributed by atoms with van der Waals surface area (Å²) in [6.07, 6.45) is 3.82. The van der Waals surface area contributed by atoms with Crippen molar-refractivity contribution in [1.29, 1.82) is 5.26 Å². The van der Waals surface area contributed by atoms with E-state index in [1.165, 1.54) is 0 Å². The van der Waals surface area contributed by atoms with E-state index in [1.54, 1.807) is 0 Å². The number of allylic oxidation sites excluding steroid dienone is 1. The van der Waals surface area contributed by atoms with Crippen molar-refractivity contribution in [2.45, 2.75) is 39.5 Å². The number of nitriles is 1. The number of nitrogens with zero attached hydrogens (tertiary/aromatic N) is 2. The fraction of sp³-hybridized carbons (Fsp3) is 0.474. The Morgan fingerprint density at radius 2 is 2.05 bits per heavy atom. The summed E-state index contributed by atoms with van der Waals surface area (Å²) in [5, 5.41) is 9.02. The number of Topliss-reactive ketones (excluding diaryl/α,β-unsaturated/α-hetero) is 1. The molecule has 0 saturated heterocycles. The van der Waals surface area contributed by atoms with Crippen LogP contribution in [0.2, 0.25) is 0 Å². The molecule has 1 saturated carbocycles. The first-order valence-electron chi connectivity index (χ1n) is 7.70. The van der Waals surface area contributed by atoms with Gasteiger partial charge < -0.3 is 4.90 Å². The highest BCUT2D eigenvalue weighted by atomic mass is 16.1. The summed E-state index contributed by atoms with van der Waals surface area (Å²) in [6, 6.07) is 7.94. The van der Waals surface area contributed by atoms with Gasteiger partial charge in [-0.15, -0.1) is 0 Å². The number of hydrogen-bond acceptors (Lipinski definition) is 3. The Morgan fingerprint density at radius 1 is 1.36 bits per heavy atom. The fourth-order valence-corrected chi connectivity index (χ4v) is 3.21. The summed E-state index contributed by atoms with van der Waals surface area (Å²) < 4.78 is 0. The summed E-state index contributed by atoms with van der Waals surface area (Å²) in [7, 11) is 3.90. The van der Waals surface area contributed by atoms with Gasteiger partial charge in [-0.1, -0.05) is 19.9 Å². The van der Waals surface area contributed by atoms with Gasteiger partial charge in [-0.25, -0.2) is 0 Å². The zero-order chi connectivity index (χ0) is 16.5. The highest BCUT2D eigenvalue weighted by Crippen LogP contribution is 2.44. The van der Waals surface area contributed by atoms with Crippen molar-refractivity contribution >= 4 is 5.78 Å². The molecule has 3 nitrogen and oxygen atoms in total. The molecule has 0 spiro atoms. The van der Waals surface area contributed by atoms with Gasteiger partial charge in [0.15, 0.2) is 5.78 Å². The molecule has 3 heteroatoms. The van der Waals surface area contributed by atoms with Crippen molar-refractivity contribution in [3.05, 3.63) is 46.7 Å². The summed E-state index contributed by atoms with van der Waals surface area (Å²) >= 11 is 0. The molecule has 0 aromatic heterocycles. The lowest BCUT2D eigenvalue weighted by Gasteiger charge is -2.36. The average molecular weight is 296 g/mol. The quantitative estimate of drug-likeness (QED) is 0.780. The lowest BCUT2D eigenvalue weighted by atomic mass is 9.67. The molecule has 0 radical (unpaired) electrons. The second kappa shape index (κ2) is 5.96. The lowest BCUT2D eigenvalue weighted by Crippen LogP contribution is -2.34. The summed E-state index contributed by atoms with van der Waals surface area (Å²) in [4.78, 5) is 14.8. The van der Waals surface area contributed by atoms with Gasteiger partial charge in [-0.05, 0) is 43.0 Å². The van der Waals surface area contributed by atoms with Crippen LogP contribution < -0.4 is 0 Å². The van der Waals surface area contributed by atoms with Crippen LogP contribution in [0.4, 0.5) is 0 Å². The molecule has 0 N–H and O–H groups in total. The van der Waals surface area contributed by atoms with Crippen LogP contribution >= 0.6 is 0 Å². The van der Waals surface area contributed by atoms with Gasteiger partial charge >= 0.3 is 0 Å². The maximum atomic E-state index is 12.9. The van der Waals surface area contributed by atoms with Crippen LogP contribution in [0.15, 0.2) is 30.0 Å². The summed E-state index contributed by atoms with van der Waals surface area (Å²) in [5.41, 5.74) is 3.51.